The van der Waals surface area contributed by atoms with Gasteiger partial charge in [-0.2, -0.15) is 0 Å². The van der Waals surface area contributed by atoms with Crippen LogP contribution in [0, 0.1) is 0 Å². The number of aliphatic hydroxyl groups is 1. The molecule has 0 heterocycles. The zero-order valence-electron chi connectivity index (χ0n) is 20.0. The standard InChI is InChI=1S/C28H31NO5S/c1-27(2,3)34-26(33)29-24(25(31)32)23(19-30)35-28(20-13-7-4-8-14-20,21-15-9-5-10-16-21)22-17-11-6-12-18-22/h4-18,23-24,30H,19H2,1-3H3,(H,29,33)(H,31,32)/t23-,24+/m1/s1. The van der Waals surface area contributed by atoms with Gasteiger partial charge in [0.1, 0.15) is 11.6 Å². The van der Waals surface area contributed by atoms with Crippen molar-refractivity contribution in [2.45, 2.75) is 42.4 Å². The Balaban J connectivity index is 2.14. The molecule has 0 radical (unpaired) electrons. The minimum Gasteiger partial charge on any atom is -0.480 e. The Labute approximate surface area is 210 Å². The van der Waals surface area contributed by atoms with E-state index in [0.717, 1.165) is 16.7 Å². The van der Waals surface area contributed by atoms with Gasteiger partial charge in [-0.15, -0.1) is 11.8 Å². The first kappa shape index (κ1) is 26.3. The maximum atomic E-state index is 12.5. The third-order valence-electron chi connectivity index (χ3n) is 5.36. The van der Waals surface area contributed by atoms with E-state index >= 15 is 0 Å². The quantitative estimate of drug-likeness (QED) is 0.361. The average molecular weight is 494 g/mol. The molecule has 0 aliphatic carbocycles. The molecular weight excluding hydrogens is 462 g/mol. The van der Waals surface area contributed by atoms with Gasteiger partial charge in [0.05, 0.1) is 16.6 Å². The van der Waals surface area contributed by atoms with E-state index in [1.54, 1.807) is 20.8 Å². The maximum Gasteiger partial charge on any atom is 0.408 e. The van der Waals surface area contributed by atoms with Crippen LogP contribution < -0.4 is 5.32 Å². The molecule has 0 aliphatic rings. The highest BCUT2D eigenvalue weighted by Crippen LogP contribution is 2.50. The highest BCUT2D eigenvalue weighted by atomic mass is 32.2. The number of carbonyl (C=O) groups excluding carboxylic acids is 1. The number of nitrogens with one attached hydrogen (secondary N) is 1. The van der Waals surface area contributed by atoms with Crippen LogP contribution in [0.3, 0.4) is 0 Å². The van der Waals surface area contributed by atoms with Gasteiger partial charge in [-0.1, -0.05) is 91.0 Å². The number of hydrogen-bond acceptors (Lipinski definition) is 5. The topological polar surface area (TPSA) is 95.9 Å². The Morgan fingerprint density at radius 2 is 1.23 bits per heavy atom. The fraction of sp³-hybridized carbons (Fsp3) is 0.286. The van der Waals surface area contributed by atoms with Crippen molar-refractivity contribution in [3.63, 3.8) is 0 Å². The molecule has 3 N–H and O–H groups in total. The highest BCUT2D eigenvalue weighted by molar-refractivity contribution is 8.01. The summed E-state index contributed by atoms with van der Waals surface area (Å²) >= 11 is 1.29. The van der Waals surface area contributed by atoms with Crippen LogP contribution in [0.2, 0.25) is 0 Å². The minimum absolute atomic E-state index is 0.480. The zero-order valence-corrected chi connectivity index (χ0v) is 20.9. The number of alkyl carbamates (subject to hydrolysis) is 1. The van der Waals surface area contributed by atoms with E-state index in [0.29, 0.717) is 0 Å². The van der Waals surface area contributed by atoms with E-state index in [1.165, 1.54) is 11.8 Å². The monoisotopic (exact) mass is 493 g/mol. The third-order valence-corrected chi connectivity index (χ3v) is 7.14. The van der Waals surface area contributed by atoms with Crippen LogP contribution in [0.15, 0.2) is 91.0 Å². The molecule has 0 bridgehead atoms. The molecule has 184 valence electrons. The fourth-order valence-electron chi connectivity index (χ4n) is 3.91. The van der Waals surface area contributed by atoms with E-state index in [9.17, 15) is 19.8 Å². The van der Waals surface area contributed by atoms with Crippen molar-refractivity contribution < 1.29 is 24.5 Å². The first-order valence-electron chi connectivity index (χ1n) is 11.3. The molecule has 0 spiro atoms. The molecule has 0 saturated carbocycles. The van der Waals surface area contributed by atoms with Gasteiger partial charge in [-0.25, -0.2) is 9.59 Å². The van der Waals surface area contributed by atoms with Gasteiger partial charge in [0, 0.05) is 0 Å². The summed E-state index contributed by atoms with van der Waals surface area (Å²) in [5.41, 5.74) is 1.96. The first-order valence-corrected chi connectivity index (χ1v) is 12.2. The van der Waals surface area contributed by atoms with Crippen LogP contribution in [-0.4, -0.2) is 45.8 Å². The second-order valence-electron chi connectivity index (χ2n) is 9.08. The molecule has 0 fully saturated rings. The van der Waals surface area contributed by atoms with Crippen molar-refractivity contribution in [1.29, 1.82) is 0 Å². The van der Waals surface area contributed by atoms with Crippen molar-refractivity contribution >= 4 is 23.8 Å². The second-order valence-corrected chi connectivity index (χ2v) is 10.5. The van der Waals surface area contributed by atoms with Gasteiger partial charge < -0.3 is 20.3 Å². The number of benzene rings is 3. The highest BCUT2D eigenvalue weighted by Gasteiger charge is 2.43. The summed E-state index contributed by atoms with van der Waals surface area (Å²) in [7, 11) is 0. The molecule has 1 amide bonds. The number of thioether (sulfide) groups is 1. The van der Waals surface area contributed by atoms with E-state index in [1.807, 2.05) is 91.0 Å². The van der Waals surface area contributed by atoms with Gasteiger partial charge >= 0.3 is 12.1 Å². The summed E-state index contributed by atoms with van der Waals surface area (Å²) < 4.78 is 4.43. The van der Waals surface area contributed by atoms with Crippen LogP contribution in [0.1, 0.15) is 37.5 Å². The van der Waals surface area contributed by atoms with E-state index in [-0.39, 0.29) is 0 Å². The predicted octanol–water partition coefficient (Wildman–Crippen LogP) is 5.05. The maximum absolute atomic E-state index is 12.5. The predicted molar refractivity (Wildman–Crippen MR) is 138 cm³/mol. The normalized spacial score (nSPS) is 13.5. The molecule has 6 nitrogen and oxygen atoms in total. The summed E-state index contributed by atoms with van der Waals surface area (Å²) in [5, 5.41) is 22.0. The molecule has 3 aromatic rings. The van der Waals surface area contributed by atoms with Crippen LogP contribution in [0.25, 0.3) is 0 Å². The number of carbonyl (C=O) groups is 2. The van der Waals surface area contributed by atoms with Gasteiger partial charge in [-0.3, -0.25) is 0 Å². The molecule has 0 aliphatic heterocycles. The molecule has 0 saturated heterocycles. The van der Waals surface area contributed by atoms with Crippen molar-refractivity contribution in [3.05, 3.63) is 108 Å². The lowest BCUT2D eigenvalue weighted by Gasteiger charge is -2.39. The number of ether oxygens (including phenoxy) is 1. The fourth-order valence-corrected chi connectivity index (χ4v) is 5.57. The van der Waals surface area contributed by atoms with Crippen molar-refractivity contribution in [2.24, 2.45) is 0 Å². The summed E-state index contributed by atoms with van der Waals surface area (Å²) in [4.78, 5) is 24.8. The van der Waals surface area contributed by atoms with E-state index in [4.69, 9.17) is 4.74 Å². The average Bonchev–Trinajstić information content (AvgIpc) is 2.84. The van der Waals surface area contributed by atoms with Gasteiger partial charge in [-0.05, 0) is 37.5 Å². The Hall–Kier alpha value is -3.29. The number of hydrogen-bond donors (Lipinski definition) is 3. The molecule has 2 atom stereocenters. The number of aliphatic hydroxyl groups excluding tert-OH is 1. The largest absolute Gasteiger partial charge is 0.480 e. The van der Waals surface area contributed by atoms with Crippen molar-refractivity contribution in [3.8, 4) is 0 Å². The number of carboxylic acid groups (broad SMARTS) is 1. The smallest absolute Gasteiger partial charge is 0.408 e. The van der Waals surface area contributed by atoms with Crippen LogP contribution in [-0.2, 0) is 14.3 Å². The second kappa shape index (κ2) is 11.4. The molecule has 0 unspecified atom stereocenters. The minimum atomic E-state index is -1.39. The number of amides is 1. The molecule has 3 aromatic carbocycles. The Morgan fingerprint density at radius 3 is 1.54 bits per heavy atom. The Bertz CT molecular complexity index is 1000. The van der Waals surface area contributed by atoms with Crippen molar-refractivity contribution in [1.82, 2.24) is 5.32 Å². The van der Waals surface area contributed by atoms with Gasteiger partial charge in [0.15, 0.2) is 0 Å². The van der Waals surface area contributed by atoms with Crippen LogP contribution in [0.4, 0.5) is 4.79 Å². The molecule has 7 heteroatoms. The van der Waals surface area contributed by atoms with Gasteiger partial charge in [0.2, 0.25) is 0 Å². The summed E-state index contributed by atoms with van der Waals surface area (Å²) in [5.74, 6) is -1.26. The molecule has 35 heavy (non-hydrogen) atoms. The summed E-state index contributed by atoms with van der Waals surface area (Å²) in [6.45, 7) is 4.62. The zero-order chi connectivity index (χ0) is 25.5. The van der Waals surface area contributed by atoms with E-state index in [2.05, 4.69) is 5.32 Å². The van der Waals surface area contributed by atoms with Crippen LogP contribution in [0.5, 0.6) is 0 Å². The van der Waals surface area contributed by atoms with Gasteiger partial charge in [0.25, 0.3) is 0 Å². The SMILES string of the molecule is CC(C)(C)OC(=O)N[C@H](C(=O)O)[C@@H](CO)SC(c1ccccc1)(c1ccccc1)c1ccccc1. The number of rotatable bonds is 9. The number of aliphatic carboxylic acids is 1. The lowest BCUT2D eigenvalue weighted by molar-refractivity contribution is -0.139. The summed E-state index contributed by atoms with van der Waals surface area (Å²) in [6, 6.07) is 27.8. The van der Waals surface area contributed by atoms with Crippen molar-refractivity contribution in [2.75, 3.05) is 6.61 Å². The first-order chi connectivity index (χ1) is 16.7. The Morgan fingerprint density at radius 1 is 0.829 bits per heavy atom. The Kier molecular flexibility index (Phi) is 8.59. The van der Waals surface area contributed by atoms with Crippen LogP contribution >= 0.6 is 11.8 Å². The number of carboxylic acids is 1. The molecule has 0 aromatic heterocycles. The lowest BCUT2D eigenvalue weighted by atomic mass is 9.84. The third kappa shape index (κ3) is 6.44. The van der Waals surface area contributed by atoms with E-state index < -0.39 is 40.3 Å². The summed E-state index contributed by atoms with van der Waals surface area (Å²) in [6.07, 6.45) is -0.853. The lowest BCUT2D eigenvalue weighted by Crippen LogP contribution is -2.51. The molecule has 3 rings (SSSR count). The molecular formula is C28H31NO5S.